The SMILES string of the molecule is Cc1cccc(N2C(=O)S/C(=C\c3ccc(O)cc3)C2=O)c1C. The summed E-state index contributed by atoms with van der Waals surface area (Å²) >= 11 is 0.926. The van der Waals surface area contributed by atoms with Gasteiger partial charge in [0.2, 0.25) is 0 Å². The molecule has 2 aromatic rings. The molecule has 0 radical (unpaired) electrons. The van der Waals surface area contributed by atoms with Gasteiger partial charge in [-0.15, -0.1) is 0 Å². The van der Waals surface area contributed by atoms with E-state index in [1.807, 2.05) is 26.0 Å². The van der Waals surface area contributed by atoms with E-state index in [1.165, 1.54) is 4.90 Å². The summed E-state index contributed by atoms with van der Waals surface area (Å²) in [5, 5.41) is 9.01. The number of hydrogen-bond acceptors (Lipinski definition) is 4. The van der Waals surface area contributed by atoms with Crippen LogP contribution in [0.25, 0.3) is 6.08 Å². The van der Waals surface area contributed by atoms with Gasteiger partial charge in [-0.25, -0.2) is 4.90 Å². The maximum atomic E-state index is 12.6. The minimum absolute atomic E-state index is 0.158. The van der Waals surface area contributed by atoms with Gasteiger partial charge in [0, 0.05) is 0 Å². The Bertz CT molecular complexity index is 825. The molecule has 3 rings (SSSR count). The summed E-state index contributed by atoms with van der Waals surface area (Å²) in [6.07, 6.45) is 1.66. The topological polar surface area (TPSA) is 57.6 Å². The number of aryl methyl sites for hydroxylation is 1. The number of anilines is 1. The van der Waals surface area contributed by atoms with Crippen molar-refractivity contribution in [1.82, 2.24) is 0 Å². The standard InChI is InChI=1S/C18H15NO3S/c1-11-4-3-5-15(12(11)2)19-17(21)16(23-18(19)22)10-13-6-8-14(20)9-7-13/h3-10,20H,1-2H3/b16-10-. The summed E-state index contributed by atoms with van der Waals surface area (Å²) in [6, 6.07) is 12.0. The Balaban J connectivity index is 1.97. The number of amides is 2. The first-order valence-electron chi connectivity index (χ1n) is 7.10. The van der Waals surface area contributed by atoms with Crippen molar-refractivity contribution in [2.24, 2.45) is 0 Å². The van der Waals surface area contributed by atoms with Crippen molar-refractivity contribution >= 4 is 34.7 Å². The summed E-state index contributed by atoms with van der Waals surface area (Å²) < 4.78 is 0. The minimum atomic E-state index is -0.318. The first-order valence-corrected chi connectivity index (χ1v) is 7.92. The lowest BCUT2D eigenvalue weighted by Crippen LogP contribution is -2.28. The lowest BCUT2D eigenvalue weighted by Gasteiger charge is -2.16. The maximum absolute atomic E-state index is 12.6. The molecule has 0 spiro atoms. The van der Waals surface area contributed by atoms with E-state index in [1.54, 1.807) is 36.4 Å². The molecule has 1 aliphatic rings. The highest BCUT2D eigenvalue weighted by Gasteiger charge is 2.37. The van der Waals surface area contributed by atoms with Gasteiger partial charge in [-0.05, 0) is 66.6 Å². The average Bonchev–Trinajstić information content (AvgIpc) is 2.79. The quantitative estimate of drug-likeness (QED) is 0.839. The number of rotatable bonds is 2. The smallest absolute Gasteiger partial charge is 0.298 e. The van der Waals surface area contributed by atoms with Crippen LogP contribution in [0.3, 0.4) is 0 Å². The molecule has 0 bridgehead atoms. The van der Waals surface area contributed by atoms with Crippen LogP contribution in [0.4, 0.5) is 10.5 Å². The number of imide groups is 1. The molecule has 0 aromatic heterocycles. The summed E-state index contributed by atoms with van der Waals surface area (Å²) in [6.45, 7) is 3.85. The van der Waals surface area contributed by atoms with E-state index >= 15 is 0 Å². The van der Waals surface area contributed by atoms with Gasteiger partial charge in [-0.1, -0.05) is 24.3 Å². The van der Waals surface area contributed by atoms with Gasteiger partial charge in [-0.3, -0.25) is 9.59 Å². The normalized spacial score (nSPS) is 16.4. The molecule has 116 valence electrons. The number of carbonyl (C=O) groups is 2. The van der Waals surface area contributed by atoms with Crippen LogP contribution in [0, 0.1) is 13.8 Å². The number of nitrogens with zero attached hydrogens (tertiary/aromatic N) is 1. The number of carbonyl (C=O) groups excluding carboxylic acids is 2. The Morgan fingerprint density at radius 1 is 1.04 bits per heavy atom. The fraction of sp³-hybridized carbons (Fsp3) is 0.111. The third-order valence-corrected chi connectivity index (χ3v) is 4.67. The number of aromatic hydroxyl groups is 1. The van der Waals surface area contributed by atoms with E-state index in [0.29, 0.717) is 10.6 Å². The molecule has 4 nitrogen and oxygen atoms in total. The molecule has 0 unspecified atom stereocenters. The average molecular weight is 325 g/mol. The van der Waals surface area contributed by atoms with Gasteiger partial charge in [0.25, 0.3) is 11.1 Å². The van der Waals surface area contributed by atoms with Crippen molar-refractivity contribution < 1.29 is 14.7 Å². The molecule has 5 heteroatoms. The Hall–Kier alpha value is -2.53. The van der Waals surface area contributed by atoms with Crippen LogP contribution in [-0.4, -0.2) is 16.3 Å². The van der Waals surface area contributed by atoms with Crippen LogP contribution in [-0.2, 0) is 4.79 Å². The van der Waals surface area contributed by atoms with E-state index in [-0.39, 0.29) is 16.9 Å². The Morgan fingerprint density at radius 2 is 1.74 bits per heavy atom. The Kier molecular flexibility index (Phi) is 3.96. The maximum Gasteiger partial charge on any atom is 0.298 e. The zero-order valence-electron chi connectivity index (χ0n) is 12.7. The van der Waals surface area contributed by atoms with E-state index in [2.05, 4.69) is 0 Å². The van der Waals surface area contributed by atoms with E-state index in [0.717, 1.165) is 28.5 Å². The van der Waals surface area contributed by atoms with Crippen LogP contribution in [0.2, 0.25) is 0 Å². The lowest BCUT2D eigenvalue weighted by molar-refractivity contribution is -0.113. The third-order valence-electron chi connectivity index (χ3n) is 3.80. The lowest BCUT2D eigenvalue weighted by atomic mass is 10.1. The van der Waals surface area contributed by atoms with Crippen molar-refractivity contribution in [1.29, 1.82) is 0 Å². The summed E-state index contributed by atoms with van der Waals surface area (Å²) in [5.74, 6) is -0.160. The monoisotopic (exact) mass is 325 g/mol. The fourth-order valence-electron chi connectivity index (χ4n) is 2.38. The molecular formula is C18H15NO3S. The highest BCUT2D eigenvalue weighted by molar-refractivity contribution is 8.19. The molecule has 1 fully saturated rings. The summed E-state index contributed by atoms with van der Waals surface area (Å²) in [7, 11) is 0. The second kappa shape index (κ2) is 5.93. The Labute approximate surface area is 138 Å². The molecule has 0 saturated carbocycles. The number of thioether (sulfide) groups is 1. The van der Waals surface area contributed by atoms with E-state index in [4.69, 9.17) is 0 Å². The molecular weight excluding hydrogens is 310 g/mol. The first kappa shape index (κ1) is 15.4. The summed E-state index contributed by atoms with van der Waals surface area (Å²) in [4.78, 5) is 26.5. The number of hydrogen-bond donors (Lipinski definition) is 1. The highest BCUT2D eigenvalue weighted by Crippen LogP contribution is 2.37. The zero-order chi connectivity index (χ0) is 16.6. The summed E-state index contributed by atoms with van der Waals surface area (Å²) in [5.41, 5.74) is 3.33. The zero-order valence-corrected chi connectivity index (χ0v) is 13.6. The van der Waals surface area contributed by atoms with Crippen LogP contribution < -0.4 is 4.90 Å². The van der Waals surface area contributed by atoms with Gasteiger partial charge in [-0.2, -0.15) is 0 Å². The Morgan fingerprint density at radius 3 is 2.43 bits per heavy atom. The van der Waals surface area contributed by atoms with Gasteiger partial charge in [0.1, 0.15) is 5.75 Å². The largest absolute Gasteiger partial charge is 0.508 e. The molecule has 1 saturated heterocycles. The van der Waals surface area contributed by atoms with E-state index in [9.17, 15) is 14.7 Å². The first-order chi connectivity index (χ1) is 11.0. The van der Waals surface area contributed by atoms with Crippen molar-refractivity contribution in [2.45, 2.75) is 13.8 Å². The van der Waals surface area contributed by atoms with Crippen LogP contribution in [0.15, 0.2) is 47.4 Å². The molecule has 0 atom stereocenters. The second-order valence-corrected chi connectivity index (χ2v) is 6.32. The molecule has 2 amide bonds. The second-order valence-electron chi connectivity index (χ2n) is 5.33. The van der Waals surface area contributed by atoms with Crippen molar-refractivity contribution in [3.05, 3.63) is 64.1 Å². The number of phenols is 1. The van der Waals surface area contributed by atoms with Gasteiger partial charge in [0.05, 0.1) is 10.6 Å². The highest BCUT2D eigenvalue weighted by atomic mass is 32.2. The van der Waals surface area contributed by atoms with E-state index < -0.39 is 0 Å². The predicted molar refractivity (Wildman–Crippen MR) is 92.5 cm³/mol. The van der Waals surface area contributed by atoms with Crippen molar-refractivity contribution in [3.63, 3.8) is 0 Å². The predicted octanol–water partition coefficient (Wildman–Crippen LogP) is 4.25. The fourth-order valence-corrected chi connectivity index (χ4v) is 3.21. The third kappa shape index (κ3) is 2.87. The van der Waals surface area contributed by atoms with Crippen LogP contribution in [0.5, 0.6) is 5.75 Å². The molecule has 1 heterocycles. The molecule has 0 aliphatic carbocycles. The molecule has 23 heavy (non-hydrogen) atoms. The van der Waals surface area contributed by atoms with Crippen LogP contribution in [0.1, 0.15) is 16.7 Å². The van der Waals surface area contributed by atoms with Gasteiger partial charge >= 0.3 is 0 Å². The molecule has 2 aromatic carbocycles. The van der Waals surface area contributed by atoms with Crippen molar-refractivity contribution in [2.75, 3.05) is 4.90 Å². The minimum Gasteiger partial charge on any atom is -0.508 e. The van der Waals surface area contributed by atoms with Crippen molar-refractivity contribution in [3.8, 4) is 5.75 Å². The molecule has 1 N–H and O–H groups in total. The molecule has 1 aliphatic heterocycles. The van der Waals surface area contributed by atoms with Gasteiger partial charge < -0.3 is 5.11 Å². The van der Waals surface area contributed by atoms with Crippen LogP contribution >= 0.6 is 11.8 Å². The number of phenolic OH excluding ortho intramolecular Hbond substituents is 1. The number of benzene rings is 2. The van der Waals surface area contributed by atoms with Gasteiger partial charge in [0.15, 0.2) is 0 Å².